The Kier molecular flexibility index (Phi) is 10.8. The van der Waals surface area contributed by atoms with Crippen molar-refractivity contribution >= 4 is 40.8 Å². The summed E-state index contributed by atoms with van der Waals surface area (Å²) in [4.78, 5) is 27.2. The molecule has 1 amide bonds. The summed E-state index contributed by atoms with van der Waals surface area (Å²) >= 11 is 12.3. The summed E-state index contributed by atoms with van der Waals surface area (Å²) in [7, 11) is 1.37. The van der Waals surface area contributed by atoms with E-state index in [2.05, 4.69) is 16.7 Å². The Hall–Kier alpha value is -3.79. The van der Waals surface area contributed by atoms with Crippen molar-refractivity contribution in [2.45, 2.75) is 76.3 Å². The normalized spacial score (nSPS) is 24.4. The zero-order valence-electron chi connectivity index (χ0n) is 28.5. The third-order valence-corrected chi connectivity index (χ3v) is 9.42. The van der Waals surface area contributed by atoms with E-state index in [0.29, 0.717) is 6.42 Å². The number of carbonyl (C=O) groups excluding carboxylic acids is 2. The molecule has 3 aromatic carbocycles. The van der Waals surface area contributed by atoms with Crippen molar-refractivity contribution in [3.05, 3.63) is 93.0 Å². The van der Waals surface area contributed by atoms with Crippen LogP contribution < -0.4 is 15.4 Å². The van der Waals surface area contributed by atoms with Crippen LogP contribution in [0.1, 0.15) is 68.4 Å². The van der Waals surface area contributed by atoms with Gasteiger partial charge in [-0.05, 0) is 67.6 Å². The smallest absolute Gasteiger partial charge is 0.338 e. The Labute approximate surface area is 300 Å². The van der Waals surface area contributed by atoms with E-state index in [1.807, 2.05) is 20.8 Å². The first-order valence-corrected chi connectivity index (χ1v) is 16.8. The largest absolute Gasteiger partial charge is 0.495 e. The molecule has 0 saturated carbocycles. The number of nitriles is 1. The molecule has 2 fully saturated rings. The van der Waals surface area contributed by atoms with E-state index in [4.69, 9.17) is 42.1 Å². The standard InChI is InChI=1S/C37H39Cl2F2N3O6/c1-35(2,3)16-29-37(19-42,24-12-11-21(38)15-26(24)40)30(23-8-7-9-25(39)31(23)41)32(44-29)33(45)43-27-13-10-20(14-28(27)47-6)34(46)48-17-22-18-49-36(4,5)50-22/h7-15,22,29-30,32,44H,16-18H2,1-6H3,(H,43,45)/t22?,29-,30-,32+,37-/m0/s1. The molecular weight excluding hydrogens is 691 g/mol. The van der Waals surface area contributed by atoms with Crippen LogP contribution in [0.5, 0.6) is 5.75 Å². The summed E-state index contributed by atoms with van der Waals surface area (Å²) in [5.74, 6) is -4.79. The zero-order valence-corrected chi connectivity index (χ0v) is 30.0. The Morgan fingerprint density at radius 1 is 1.12 bits per heavy atom. The van der Waals surface area contributed by atoms with Gasteiger partial charge in [-0.3, -0.25) is 4.79 Å². The van der Waals surface area contributed by atoms with E-state index in [9.17, 15) is 14.9 Å². The van der Waals surface area contributed by atoms with Gasteiger partial charge in [-0.2, -0.15) is 5.26 Å². The molecule has 266 valence electrons. The van der Waals surface area contributed by atoms with E-state index in [1.165, 1.54) is 55.6 Å². The fraction of sp³-hybridized carbons (Fsp3) is 0.432. The number of amides is 1. The maximum absolute atomic E-state index is 16.0. The summed E-state index contributed by atoms with van der Waals surface area (Å²) in [5.41, 5.74) is -1.94. The average Bonchev–Trinajstić information content (AvgIpc) is 3.56. The number of halogens is 4. The molecule has 2 N–H and O–H groups in total. The molecule has 0 spiro atoms. The highest BCUT2D eigenvalue weighted by Gasteiger charge is 2.61. The molecule has 0 radical (unpaired) electrons. The van der Waals surface area contributed by atoms with Crippen molar-refractivity contribution in [3.63, 3.8) is 0 Å². The van der Waals surface area contributed by atoms with Gasteiger partial charge in [0, 0.05) is 22.5 Å². The summed E-state index contributed by atoms with van der Waals surface area (Å²) < 4.78 is 54.0. The van der Waals surface area contributed by atoms with E-state index in [1.54, 1.807) is 13.8 Å². The molecule has 9 nitrogen and oxygen atoms in total. The van der Waals surface area contributed by atoms with Gasteiger partial charge < -0.3 is 29.6 Å². The summed E-state index contributed by atoms with van der Waals surface area (Å²) in [6.07, 6.45) is -0.115. The molecule has 1 unspecified atom stereocenters. The number of benzene rings is 3. The van der Waals surface area contributed by atoms with Gasteiger partial charge in [0.25, 0.3) is 0 Å². The van der Waals surface area contributed by atoms with Crippen LogP contribution in [0.4, 0.5) is 14.5 Å². The first kappa shape index (κ1) is 37.5. The number of esters is 1. The van der Waals surface area contributed by atoms with Crippen LogP contribution in [0.2, 0.25) is 10.0 Å². The second-order valence-electron chi connectivity index (χ2n) is 14.1. The molecule has 2 heterocycles. The molecule has 50 heavy (non-hydrogen) atoms. The third kappa shape index (κ3) is 7.60. The lowest BCUT2D eigenvalue weighted by molar-refractivity contribution is -0.142. The molecule has 0 bridgehead atoms. The molecule has 0 aromatic heterocycles. The number of anilines is 1. The van der Waals surface area contributed by atoms with Gasteiger partial charge in [-0.15, -0.1) is 0 Å². The van der Waals surface area contributed by atoms with Crippen LogP contribution in [0.3, 0.4) is 0 Å². The van der Waals surface area contributed by atoms with Crippen LogP contribution in [0.25, 0.3) is 0 Å². The van der Waals surface area contributed by atoms with Crippen molar-refractivity contribution in [2.75, 3.05) is 25.6 Å². The van der Waals surface area contributed by atoms with Crippen molar-refractivity contribution in [1.82, 2.24) is 5.32 Å². The van der Waals surface area contributed by atoms with Gasteiger partial charge in [0.2, 0.25) is 5.91 Å². The summed E-state index contributed by atoms with van der Waals surface area (Å²) in [6.45, 7) is 9.63. The lowest BCUT2D eigenvalue weighted by Crippen LogP contribution is -2.45. The Bertz CT molecular complexity index is 1830. The highest BCUT2D eigenvalue weighted by molar-refractivity contribution is 6.31. The predicted octanol–water partition coefficient (Wildman–Crippen LogP) is 7.55. The SMILES string of the molecule is COc1cc(C(=O)OCC2COC(C)(C)O2)ccc1NC(=O)[C@@H]1N[C@@H](CC(C)(C)C)[C@](C#N)(c2ccc(Cl)cc2F)[C@H]1c1cccc(Cl)c1F. The highest BCUT2D eigenvalue weighted by Crippen LogP contribution is 2.53. The fourth-order valence-electron chi connectivity index (χ4n) is 6.79. The molecule has 3 aromatic rings. The van der Waals surface area contributed by atoms with Crippen molar-refractivity contribution in [2.24, 2.45) is 5.41 Å². The fourth-order valence-corrected chi connectivity index (χ4v) is 7.13. The maximum atomic E-state index is 16.0. The molecule has 5 atom stereocenters. The van der Waals surface area contributed by atoms with Gasteiger partial charge >= 0.3 is 5.97 Å². The number of hydrogen-bond donors (Lipinski definition) is 2. The minimum atomic E-state index is -1.80. The van der Waals surface area contributed by atoms with Gasteiger partial charge in [-0.1, -0.05) is 62.2 Å². The van der Waals surface area contributed by atoms with Crippen LogP contribution in [-0.2, 0) is 24.4 Å². The number of carbonyl (C=O) groups is 2. The third-order valence-electron chi connectivity index (χ3n) is 8.89. The van der Waals surface area contributed by atoms with E-state index in [-0.39, 0.29) is 51.4 Å². The van der Waals surface area contributed by atoms with E-state index >= 15 is 8.78 Å². The number of nitrogens with one attached hydrogen (secondary N) is 2. The van der Waals surface area contributed by atoms with Gasteiger partial charge in [-0.25, -0.2) is 13.6 Å². The topological polar surface area (TPSA) is 119 Å². The van der Waals surface area contributed by atoms with Crippen molar-refractivity contribution < 1.29 is 37.3 Å². The molecular formula is C37H39Cl2F2N3O6. The monoisotopic (exact) mass is 729 g/mol. The lowest BCUT2D eigenvalue weighted by Gasteiger charge is -2.37. The lowest BCUT2D eigenvalue weighted by atomic mass is 9.62. The number of hydrogen-bond acceptors (Lipinski definition) is 8. The average molecular weight is 731 g/mol. The zero-order chi connectivity index (χ0) is 36.6. The van der Waals surface area contributed by atoms with Crippen molar-refractivity contribution in [3.8, 4) is 11.8 Å². The van der Waals surface area contributed by atoms with E-state index in [0.717, 1.165) is 6.07 Å². The summed E-state index contributed by atoms with van der Waals surface area (Å²) in [5, 5.41) is 17.0. The Morgan fingerprint density at radius 2 is 1.86 bits per heavy atom. The van der Waals surface area contributed by atoms with Crippen molar-refractivity contribution in [1.29, 1.82) is 5.26 Å². The van der Waals surface area contributed by atoms with Gasteiger partial charge in [0.1, 0.15) is 35.5 Å². The Balaban J connectivity index is 1.52. The van der Waals surface area contributed by atoms with Crippen LogP contribution in [-0.4, -0.2) is 56.2 Å². The highest BCUT2D eigenvalue weighted by atomic mass is 35.5. The molecule has 2 aliphatic heterocycles. The molecule has 5 rings (SSSR count). The second kappa shape index (κ2) is 14.4. The molecule has 13 heteroatoms. The Morgan fingerprint density at radius 3 is 2.48 bits per heavy atom. The second-order valence-corrected chi connectivity index (χ2v) is 15.0. The number of ether oxygens (including phenoxy) is 4. The predicted molar refractivity (Wildman–Crippen MR) is 184 cm³/mol. The van der Waals surface area contributed by atoms with Gasteiger partial charge in [0.05, 0.1) is 42.1 Å². The van der Waals surface area contributed by atoms with Crippen LogP contribution >= 0.6 is 23.2 Å². The number of nitrogens with zero attached hydrogens (tertiary/aromatic N) is 1. The quantitative estimate of drug-likeness (QED) is 0.217. The molecule has 0 aliphatic carbocycles. The molecule has 2 saturated heterocycles. The minimum absolute atomic E-state index is 0.0253. The first-order chi connectivity index (χ1) is 23.5. The van der Waals surface area contributed by atoms with Gasteiger partial charge in [0.15, 0.2) is 5.79 Å². The number of methoxy groups -OCH3 is 1. The maximum Gasteiger partial charge on any atom is 0.338 e. The molecule has 2 aliphatic rings. The van der Waals surface area contributed by atoms with Crippen LogP contribution in [0.15, 0.2) is 54.6 Å². The van der Waals surface area contributed by atoms with E-state index < -0.39 is 64.2 Å². The first-order valence-electron chi connectivity index (χ1n) is 16.0. The summed E-state index contributed by atoms with van der Waals surface area (Å²) in [6, 6.07) is 12.8. The minimum Gasteiger partial charge on any atom is -0.495 e. The van der Waals surface area contributed by atoms with Crippen LogP contribution in [0, 0.1) is 28.4 Å². The number of rotatable bonds is 9.